The van der Waals surface area contributed by atoms with Gasteiger partial charge in [0.25, 0.3) is 0 Å². The Bertz CT molecular complexity index is 991. The fraction of sp³-hybridized carbons (Fsp3) is 0.227. The number of aryl methyl sites for hydroxylation is 1. The molecule has 1 unspecified atom stereocenters. The molecule has 0 radical (unpaired) electrons. The van der Waals surface area contributed by atoms with Gasteiger partial charge in [0.05, 0.1) is 12.3 Å². The topological polar surface area (TPSA) is 77.9 Å². The Balaban J connectivity index is 1.65. The first-order valence-corrected chi connectivity index (χ1v) is 10.8. The number of pyridine rings is 1. The van der Waals surface area contributed by atoms with Gasteiger partial charge < -0.3 is 9.63 Å². The van der Waals surface area contributed by atoms with E-state index in [0.717, 1.165) is 36.1 Å². The quantitative estimate of drug-likeness (QED) is 0.489. The van der Waals surface area contributed by atoms with Gasteiger partial charge in [-0.15, -0.1) is 0 Å². The summed E-state index contributed by atoms with van der Waals surface area (Å²) in [5.41, 5.74) is 4.78. The lowest BCUT2D eigenvalue weighted by Crippen LogP contribution is -1.97. The van der Waals surface area contributed by atoms with Gasteiger partial charge in [-0.05, 0) is 41.3 Å². The molecule has 29 heavy (non-hydrogen) atoms. The van der Waals surface area contributed by atoms with E-state index in [4.69, 9.17) is 9.26 Å². The predicted octanol–water partition coefficient (Wildman–Crippen LogP) is 5.15. The fourth-order valence-corrected chi connectivity index (χ4v) is 3.16. The number of phosphoric acid groups is 1. The van der Waals surface area contributed by atoms with Crippen LogP contribution in [0.25, 0.3) is 11.3 Å². The minimum absolute atomic E-state index is 0.0606. The maximum atomic E-state index is 11.4. The molecule has 3 aromatic rings. The van der Waals surface area contributed by atoms with Crippen LogP contribution in [-0.4, -0.2) is 17.0 Å². The molecule has 152 valence electrons. The molecule has 1 N–H and O–H groups in total. The van der Waals surface area contributed by atoms with E-state index in [1.807, 2.05) is 36.4 Å². The summed E-state index contributed by atoms with van der Waals surface area (Å²) in [5.74, 6) is 0.764. The number of hydrogen-bond donors (Lipinski definition) is 1. The largest absolute Gasteiger partial charge is 0.489 e. The summed E-state index contributed by atoms with van der Waals surface area (Å²) < 4.78 is 26.5. The summed E-state index contributed by atoms with van der Waals surface area (Å²) in [5, 5.41) is 0. The SMILES string of the molecule is CCc1cccc(COc2cccc(-c3ccc(COP(=O)(O)OC)cn3)c2)c1. The second kappa shape index (κ2) is 9.81. The van der Waals surface area contributed by atoms with Gasteiger partial charge in [0.15, 0.2) is 0 Å². The Morgan fingerprint density at radius 2 is 1.76 bits per heavy atom. The van der Waals surface area contributed by atoms with Crippen molar-refractivity contribution in [3.8, 4) is 17.0 Å². The van der Waals surface area contributed by atoms with Crippen LogP contribution in [0.5, 0.6) is 5.75 Å². The average Bonchev–Trinajstić information content (AvgIpc) is 2.77. The number of aromatic nitrogens is 1. The van der Waals surface area contributed by atoms with Gasteiger partial charge >= 0.3 is 7.82 Å². The predicted molar refractivity (Wildman–Crippen MR) is 111 cm³/mol. The zero-order valence-corrected chi connectivity index (χ0v) is 17.3. The standard InChI is InChI=1S/C22H24NO5P/c1-3-17-6-4-7-18(12-17)15-27-21-9-5-8-20(13-21)22-11-10-19(14-23-22)16-28-29(24,25)26-2/h4-14H,3,15-16H2,1-2H3,(H,24,25). The Kier molecular flexibility index (Phi) is 7.18. The van der Waals surface area contributed by atoms with Crippen molar-refractivity contribution in [2.24, 2.45) is 0 Å². The maximum Gasteiger partial charge on any atom is 0.472 e. The molecule has 3 rings (SSSR count). The third-order valence-corrected chi connectivity index (χ3v) is 5.30. The van der Waals surface area contributed by atoms with Crippen LogP contribution in [0.3, 0.4) is 0 Å². The highest BCUT2D eigenvalue weighted by Crippen LogP contribution is 2.42. The van der Waals surface area contributed by atoms with Gasteiger partial charge in [0.1, 0.15) is 12.4 Å². The third kappa shape index (κ3) is 6.24. The van der Waals surface area contributed by atoms with E-state index in [9.17, 15) is 9.46 Å². The highest BCUT2D eigenvalue weighted by Gasteiger charge is 2.18. The number of rotatable bonds is 9. The lowest BCUT2D eigenvalue weighted by molar-refractivity contribution is 0.166. The van der Waals surface area contributed by atoms with Crippen molar-refractivity contribution in [3.05, 3.63) is 83.6 Å². The summed E-state index contributed by atoms with van der Waals surface area (Å²) >= 11 is 0. The van der Waals surface area contributed by atoms with E-state index in [-0.39, 0.29) is 6.61 Å². The number of phosphoric ester groups is 1. The smallest absolute Gasteiger partial charge is 0.472 e. The molecule has 0 saturated heterocycles. The van der Waals surface area contributed by atoms with Crippen LogP contribution in [0, 0.1) is 0 Å². The summed E-state index contributed by atoms with van der Waals surface area (Å²) in [7, 11) is -2.88. The number of ether oxygens (including phenoxy) is 1. The van der Waals surface area contributed by atoms with Crippen LogP contribution in [0.2, 0.25) is 0 Å². The minimum atomic E-state index is -4.00. The van der Waals surface area contributed by atoms with Gasteiger partial charge in [0.2, 0.25) is 0 Å². The van der Waals surface area contributed by atoms with Gasteiger partial charge in [-0.2, -0.15) is 0 Å². The third-order valence-electron chi connectivity index (χ3n) is 4.38. The molecule has 0 bridgehead atoms. The fourth-order valence-electron chi connectivity index (χ4n) is 2.74. The molecule has 1 atom stereocenters. The van der Waals surface area contributed by atoms with Gasteiger partial charge in [-0.25, -0.2) is 4.57 Å². The molecular formula is C22H24NO5P. The van der Waals surface area contributed by atoms with E-state index in [2.05, 4.69) is 34.6 Å². The Hall–Kier alpha value is -2.50. The lowest BCUT2D eigenvalue weighted by Gasteiger charge is -2.10. The normalized spacial score (nSPS) is 13.1. The molecular weight excluding hydrogens is 389 g/mol. The highest BCUT2D eigenvalue weighted by atomic mass is 31.2. The number of hydrogen-bond acceptors (Lipinski definition) is 5. The van der Waals surface area contributed by atoms with E-state index in [0.29, 0.717) is 12.2 Å². The molecule has 1 heterocycles. The Morgan fingerprint density at radius 3 is 2.48 bits per heavy atom. The molecule has 0 spiro atoms. The van der Waals surface area contributed by atoms with Gasteiger partial charge in [-0.3, -0.25) is 14.0 Å². The van der Waals surface area contributed by atoms with Crippen molar-refractivity contribution in [1.82, 2.24) is 4.98 Å². The summed E-state index contributed by atoms with van der Waals surface area (Å²) in [6.45, 7) is 2.57. The first-order valence-electron chi connectivity index (χ1n) is 9.28. The van der Waals surface area contributed by atoms with E-state index in [1.165, 1.54) is 5.56 Å². The zero-order valence-electron chi connectivity index (χ0n) is 16.4. The van der Waals surface area contributed by atoms with Crippen molar-refractivity contribution < 1.29 is 23.2 Å². The second-order valence-corrected chi connectivity index (χ2v) is 8.03. The monoisotopic (exact) mass is 413 g/mol. The van der Waals surface area contributed by atoms with Crippen molar-refractivity contribution in [3.63, 3.8) is 0 Å². The number of nitrogens with zero attached hydrogens (tertiary/aromatic N) is 1. The van der Waals surface area contributed by atoms with Crippen molar-refractivity contribution in [2.75, 3.05) is 7.11 Å². The zero-order chi connectivity index (χ0) is 20.7. The van der Waals surface area contributed by atoms with Crippen molar-refractivity contribution in [2.45, 2.75) is 26.6 Å². The minimum Gasteiger partial charge on any atom is -0.489 e. The lowest BCUT2D eigenvalue weighted by atomic mass is 10.1. The van der Waals surface area contributed by atoms with Crippen molar-refractivity contribution in [1.29, 1.82) is 0 Å². The van der Waals surface area contributed by atoms with Crippen LogP contribution >= 0.6 is 7.82 Å². The van der Waals surface area contributed by atoms with Crippen LogP contribution < -0.4 is 4.74 Å². The van der Waals surface area contributed by atoms with Crippen LogP contribution in [0.15, 0.2) is 66.9 Å². The molecule has 0 amide bonds. The van der Waals surface area contributed by atoms with Crippen LogP contribution in [-0.2, 0) is 33.2 Å². The molecule has 6 nitrogen and oxygen atoms in total. The Labute approximate surface area is 170 Å². The van der Waals surface area contributed by atoms with E-state index < -0.39 is 7.82 Å². The average molecular weight is 413 g/mol. The molecule has 0 saturated carbocycles. The second-order valence-electron chi connectivity index (χ2n) is 6.47. The molecule has 1 aromatic heterocycles. The molecule has 2 aromatic carbocycles. The molecule has 0 fully saturated rings. The molecule has 0 aliphatic heterocycles. The summed E-state index contributed by atoms with van der Waals surface area (Å²) in [6.07, 6.45) is 2.60. The maximum absolute atomic E-state index is 11.4. The van der Waals surface area contributed by atoms with Crippen LogP contribution in [0.4, 0.5) is 0 Å². The molecule has 7 heteroatoms. The van der Waals surface area contributed by atoms with Crippen molar-refractivity contribution >= 4 is 7.82 Å². The molecule has 0 aliphatic carbocycles. The first kappa shape index (κ1) is 21.2. The number of benzene rings is 2. The summed E-state index contributed by atoms with van der Waals surface area (Å²) in [4.78, 5) is 13.7. The summed E-state index contributed by atoms with van der Waals surface area (Å²) in [6, 6.07) is 19.7. The van der Waals surface area contributed by atoms with Gasteiger partial charge in [-0.1, -0.05) is 49.4 Å². The highest BCUT2D eigenvalue weighted by molar-refractivity contribution is 7.47. The first-order chi connectivity index (χ1) is 14.0. The Morgan fingerprint density at radius 1 is 0.966 bits per heavy atom. The molecule has 0 aliphatic rings. The van der Waals surface area contributed by atoms with Gasteiger partial charge in [0, 0.05) is 18.9 Å². The van der Waals surface area contributed by atoms with Crippen LogP contribution in [0.1, 0.15) is 23.6 Å². The van der Waals surface area contributed by atoms with E-state index in [1.54, 1.807) is 12.3 Å². The van der Waals surface area contributed by atoms with E-state index >= 15 is 0 Å².